The van der Waals surface area contributed by atoms with Crippen LogP contribution >= 0.6 is 23.1 Å². The molecule has 3 aromatic rings. The van der Waals surface area contributed by atoms with Gasteiger partial charge in [-0.25, -0.2) is 4.79 Å². The van der Waals surface area contributed by atoms with Crippen LogP contribution in [0.5, 0.6) is 0 Å². The summed E-state index contributed by atoms with van der Waals surface area (Å²) in [5.74, 6) is 1.49. The van der Waals surface area contributed by atoms with Crippen molar-refractivity contribution in [2.24, 2.45) is 5.92 Å². The molecule has 2 heterocycles. The number of fused-ring (bicyclic) bond motifs is 1. The second kappa shape index (κ2) is 7.85. The van der Waals surface area contributed by atoms with Crippen LogP contribution in [-0.4, -0.2) is 32.0 Å². The summed E-state index contributed by atoms with van der Waals surface area (Å²) < 4.78 is 2.76. The highest BCUT2D eigenvalue weighted by Crippen LogP contribution is 2.26. The Kier molecular flexibility index (Phi) is 5.57. The molecular formula is C16H21N5OS2. The summed E-state index contributed by atoms with van der Waals surface area (Å²) in [6.45, 7) is 5.93. The topological polar surface area (TPSA) is 75.6 Å². The largest absolute Gasteiger partial charge is 0.360 e. The van der Waals surface area contributed by atoms with Gasteiger partial charge < -0.3 is 10.3 Å². The second-order valence-electron chi connectivity index (χ2n) is 5.95. The summed E-state index contributed by atoms with van der Waals surface area (Å²) in [4.78, 5) is 14.9. The van der Waals surface area contributed by atoms with Crippen molar-refractivity contribution in [2.75, 3.05) is 17.6 Å². The van der Waals surface area contributed by atoms with Crippen LogP contribution in [0, 0.1) is 5.92 Å². The van der Waals surface area contributed by atoms with Gasteiger partial charge in [-0.1, -0.05) is 49.1 Å². The maximum Gasteiger partial charge on any atom is 0.326 e. The Morgan fingerprint density at radius 1 is 1.33 bits per heavy atom. The summed E-state index contributed by atoms with van der Waals surface area (Å²) in [5, 5.41) is 12.5. The number of para-hydroxylation sites is 2. The van der Waals surface area contributed by atoms with Crippen LogP contribution < -0.4 is 11.0 Å². The average molecular weight is 364 g/mol. The van der Waals surface area contributed by atoms with Crippen molar-refractivity contribution < 1.29 is 0 Å². The molecule has 2 aromatic heterocycles. The Balaban J connectivity index is 1.50. The van der Waals surface area contributed by atoms with Crippen LogP contribution in [0.1, 0.15) is 20.3 Å². The van der Waals surface area contributed by atoms with Gasteiger partial charge in [-0.2, -0.15) is 0 Å². The molecule has 6 nitrogen and oxygen atoms in total. The molecule has 0 fully saturated rings. The fourth-order valence-electron chi connectivity index (χ4n) is 2.34. The van der Waals surface area contributed by atoms with E-state index in [0.29, 0.717) is 12.5 Å². The first-order valence-corrected chi connectivity index (χ1v) is 9.81. The number of imidazole rings is 1. The van der Waals surface area contributed by atoms with E-state index < -0.39 is 0 Å². The summed E-state index contributed by atoms with van der Waals surface area (Å²) in [6, 6.07) is 7.78. The third kappa shape index (κ3) is 4.18. The van der Waals surface area contributed by atoms with Crippen LogP contribution in [0.2, 0.25) is 0 Å². The highest BCUT2D eigenvalue weighted by Gasteiger charge is 2.07. The maximum absolute atomic E-state index is 12.0. The van der Waals surface area contributed by atoms with Gasteiger partial charge in [-0.15, -0.1) is 10.2 Å². The minimum Gasteiger partial charge on any atom is -0.360 e. The van der Waals surface area contributed by atoms with E-state index in [1.807, 2.05) is 24.3 Å². The summed E-state index contributed by atoms with van der Waals surface area (Å²) in [6.07, 6.45) is 0.904. The third-order valence-corrected chi connectivity index (χ3v) is 5.60. The van der Waals surface area contributed by atoms with E-state index in [-0.39, 0.29) is 5.69 Å². The molecule has 0 aliphatic rings. The zero-order valence-corrected chi connectivity index (χ0v) is 15.4. The van der Waals surface area contributed by atoms with Crippen molar-refractivity contribution in [3.05, 3.63) is 34.7 Å². The average Bonchev–Trinajstić information content (AvgIpc) is 3.13. The van der Waals surface area contributed by atoms with Gasteiger partial charge in [0, 0.05) is 18.8 Å². The molecule has 0 bridgehead atoms. The Bertz CT molecular complexity index is 851. The van der Waals surface area contributed by atoms with Crippen LogP contribution in [0.25, 0.3) is 11.0 Å². The van der Waals surface area contributed by atoms with E-state index in [0.717, 1.165) is 39.2 Å². The highest BCUT2D eigenvalue weighted by atomic mass is 32.2. The Labute approximate surface area is 148 Å². The molecule has 0 aliphatic heterocycles. The van der Waals surface area contributed by atoms with Gasteiger partial charge in [0.1, 0.15) is 0 Å². The van der Waals surface area contributed by atoms with Gasteiger partial charge in [0.2, 0.25) is 5.13 Å². The van der Waals surface area contributed by atoms with Gasteiger partial charge in [0.05, 0.1) is 11.0 Å². The number of aryl methyl sites for hydroxylation is 1. The first kappa shape index (κ1) is 17.0. The number of aromatic amines is 1. The monoisotopic (exact) mass is 363 g/mol. The number of rotatable bonds is 8. The molecule has 0 saturated carbocycles. The molecule has 0 spiro atoms. The zero-order chi connectivity index (χ0) is 16.9. The zero-order valence-electron chi connectivity index (χ0n) is 13.8. The number of nitrogens with zero attached hydrogens (tertiary/aromatic N) is 3. The number of hydrogen-bond donors (Lipinski definition) is 2. The summed E-state index contributed by atoms with van der Waals surface area (Å²) >= 11 is 3.27. The molecule has 3 rings (SSSR count). The van der Waals surface area contributed by atoms with E-state index in [4.69, 9.17) is 0 Å². The van der Waals surface area contributed by atoms with Crippen molar-refractivity contribution in [2.45, 2.75) is 31.2 Å². The van der Waals surface area contributed by atoms with E-state index in [9.17, 15) is 4.79 Å². The number of thioether (sulfide) groups is 1. The maximum atomic E-state index is 12.0. The standard InChI is InChI=1S/C16H21N5OS2/c1-11(2)10-17-14-19-20-16(24-14)23-9-5-8-21-13-7-4-3-6-12(13)18-15(21)22/h3-4,6-7,11H,5,8-10H2,1-2H3,(H,17,19)(H,18,22). The lowest BCUT2D eigenvalue weighted by atomic mass is 10.2. The van der Waals surface area contributed by atoms with Crippen molar-refractivity contribution >= 4 is 39.3 Å². The normalized spacial score (nSPS) is 11.5. The predicted octanol–water partition coefficient (Wildman–Crippen LogP) is 3.43. The summed E-state index contributed by atoms with van der Waals surface area (Å²) in [7, 11) is 0. The molecule has 0 saturated heterocycles. The highest BCUT2D eigenvalue weighted by molar-refractivity contribution is 8.01. The second-order valence-corrected chi connectivity index (χ2v) is 8.27. The van der Waals surface area contributed by atoms with Gasteiger partial charge in [0.25, 0.3) is 0 Å². The SMILES string of the molecule is CC(C)CNc1nnc(SCCCn2c(=O)[nH]c3ccccc32)s1. The van der Waals surface area contributed by atoms with Crippen LogP contribution in [0.15, 0.2) is 33.4 Å². The molecule has 2 N–H and O–H groups in total. The van der Waals surface area contributed by atoms with E-state index >= 15 is 0 Å². The quantitative estimate of drug-likeness (QED) is 0.474. The van der Waals surface area contributed by atoms with E-state index in [1.54, 1.807) is 27.7 Å². The van der Waals surface area contributed by atoms with Crippen LogP contribution in [0.4, 0.5) is 5.13 Å². The number of nitrogens with one attached hydrogen (secondary N) is 2. The van der Waals surface area contributed by atoms with Crippen molar-refractivity contribution in [3.8, 4) is 0 Å². The third-order valence-electron chi connectivity index (χ3n) is 3.50. The van der Waals surface area contributed by atoms with Gasteiger partial charge in [-0.05, 0) is 24.5 Å². The minimum atomic E-state index is -0.0442. The molecule has 0 radical (unpaired) electrons. The number of anilines is 1. The number of H-pyrrole nitrogens is 1. The fraction of sp³-hybridized carbons (Fsp3) is 0.438. The van der Waals surface area contributed by atoms with Gasteiger partial charge in [-0.3, -0.25) is 4.57 Å². The van der Waals surface area contributed by atoms with E-state index in [1.165, 1.54) is 0 Å². The molecule has 128 valence electrons. The van der Waals surface area contributed by atoms with Crippen LogP contribution in [0.3, 0.4) is 0 Å². The molecule has 0 aliphatic carbocycles. The molecule has 0 amide bonds. The minimum absolute atomic E-state index is 0.0442. The predicted molar refractivity (Wildman–Crippen MR) is 101 cm³/mol. The fourth-order valence-corrected chi connectivity index (χ4v) is 4.10. The Hall–Kier alpha value is -1.80. The number of hydrogen-bond acceptors (Lipinski definition) is 6. The first-order chi connectivity index (χ1) is 11.6. The van der Waals surface area contributed by atoms with E-state index in [2.05, 4.69) is 34.3 Å². The van der Waals surface area contributed by atoms with Gasteiger partial charge >= 0.3 is 5.69 Å². The number of benzene rings is 1. The molecule has 8 heteroatoms. The number of aromatic nitrogens is 4. The smallest absolute Gasteiger partial charge is 0.326 e. The van der Waals surface area contributed by atoms with Crippen molar-refractivity contribution in [3.63, 3.8) is 0 Å². The lowest BCUT2D eigenvalue weighted by Crippen LogP contribution is -2.17. The lowest BCUT2D eigenvalue weighted by molar-refractivity contribution is 0.679. The molecule has 0 unspecified atom stereocenters. The van der Waals surface area contributed by atoms with Crippen molar-refractivity contribution in [1.82, 2.24) is 19.7 Å². The molecular weight excluding hydrogens is 342 g/mol. The first-order valence-electron chi connectivity index (χ1n) is 8.01. The lowest BCUT2D eigenvalue weighted by Gasteiger charge is -2.03. The van der Waals surface area contributed by atoms with Gasteiger partial charge in [0.15, 0.2) is 4.34 Å². The summed E-state index contributed by atoms with van der Waals surface area (Å²) in [5.41, 5.74) is 1.81. The molecule has 1 aromatic carbocycles. The molecule has 24 heavy (non-hydrogen) atoms. The Morgan fingerprint density at radius 2 is 2.17 bits per heavy atom. The van der Waals surface area contributed by atoms with Crippen LogP contribution in [-0.2, 0) is 6.54 Å². The molecule has 0 atom stereocenters. The van der Waals surface area contributed by atoms with Crippen molar-refractivity contribution in [1.29, 1.82) is 0 Å². The Morgan fingerprint density at radius 3 is 3.00 bits per heavy atom.